The van der Waals surface area contributed by atoms with Crippen molar-refractivity contribution in [2.24, 2.45) is 0 Å². The van der Waals surface area contributed by atoms with Crippen molar-refractivity contribution in [3.8, 4) is 0 Å². The summed E-state index contributed by atoms with van der Waals surface area (Å²) in [7, 11) is 1.61. The summed E-state index contributed by atoms with van der Waals surface area (Å²) < 4.78 is 0. The molecule has 2 unspecified atom stereocenters. The number of imide groups is 1. The van der Waals surface area contributed by atoms with Crippen molar-refractivity contribution >= 4 is 35.3 Å². The Morgan fingerprint density at radius 2 is 2.12 bits per heavy atom. The molecule has 1 rings (SSSR count). The van der Waals surface area contributed by atoms with Gasteiger partial charge in [0.05, 0.1) is 5.25 Å². The van der Waals surface area contributed by atoms with Crippen LogP contribution >= 0.6 is 11.8 Å². The minimum Gasteiger partial charge on any atom is -0.480 e. The van der Waals surface area contributed by atoms with E-state index in [2.05, 4.69) is 5.32 Å². The van der Waals surface area contributed by atoms with Gasteiger partial charge in [-0.15, -0.1) is 11.8 Å². The summed E-state index contributed by atoms with van der Waals surface area (Å²) in [5.41, 5.74) is 0.632. The molecule has 0 saturated carbocycles. The molecular weight excluding hydrogens is 330 g/mol. The van der Waals surface area contributed by atoms with Crippen LogP contribution in [0.1, 0.15) is 45.4 Å². The number of carbonyl (C=O) groups excluding carboxylic acids is 2. The Balaban J connectivity index is 2.31. The molecule has 0 aliphatic carbocycles. The fourth-order valence-corrected chi connectivity index (χ4v) is 3.72. The molecule has 0 aromatic rings. The number of carboxylic acid groups (broad SMARTS) is 1. The Hall–Kier alpha value is -1.41. The predicted octanol–water partition coefficient (Wildman–Crippen LogP) is 1.51. The van der Waals surface area contributed by atoms with Crippen LogP contribution in [0.4, 0.5) is 0 Å². The topological polar surface area (TPSA) is 111 Å². The van der Waals surface area contributed by atoms with E-state index in [9.17, 15) is 14.4 Å². The second-order valence-electron chi connectivity index (χ2n) is 6.01. The molecule has 8 heteroatoms. The lowest BCUT2D eigenvalue weighted by Gasteiger charge is -2.16. The van der Waals surface area contributed by atoms with Gasteiger partial charge >= 0.3 is 5.97 Å². The van der Waals surface area contributed by atoms with Gasteiger partial charge in [0.25, 0.3) is 0 Å². The third-order valence-corrected chi connectivity index (χ3v) is 5.28. The molecule has 0 radical (unpaired) electrons. The van der Waals surface area contributed by atoms with Crippen LogP contribution in [0.3, 0.4) is 0 Å². The number of nitrogens with one attached hydrogen (secondary N) is 2. The maximum Gasteiger partial charge on any atom is 0.320 e. The van der Waals surface area contributed by atoms with Crippen LogP contribution in [-0.4, -0.2) is 64.1 Å². The van der Waals surface area contributed by atoms with Crippen LogP contribution in [0.2, 0.25) is 0 Å². The number of rotatable bonds is 12. The smallest absolute Gasteiger partial charge is 0.320 e. The lowest BCUT2D eigenvalue weighted by Crippen LogP contribution is -2.34. The highest BCUT2D eigenvalue weighted by atomic mass is 32.2. The Morgan fingerprint density at radius 1 is 1.42 bits per heavy atom. The van der Waals surface area contributed by atoms with Gasteiger partial charge in [0.15, 0.2) is 0 Å². The van der Waals surface area contributed by atoms with E-state index in [1.807, 2.05) is 0 Å². The van der Waals surface area contributed by atoms with E-state index in [0.29, 0.717) is 31.5 Å². The van der Waals surface area contributed by atoms with Gasteiger partial charge in [0, 0.05) is 18.7 Å². The number of aliphatic carboxylic acids is 1. The molecule has 0 bridgehead atoms. The summed E-state index contributed by atoms with van der Waals surface area (Å²) in [6, 6.07) is -0.587. The number of likely N-dealkylation sites (tertiary alicyclic amines) is 1. The molecule has 0 aromatic heterocycles. The van der Waals surface area contributed by atoms with Crippen molar-refractivity contribution in [3.63, 3.8) is 0 Å². The monoisotopic (exact) mass is 357 g/mol. The van der Waals surface area contributed by atoms with Crippen LogP contribution < -0.4 is 5.32 Å². The molecule has 3 N–H and O–H groups in total. The highest BCUT2D eigenvalue weighted by Gasteiger charge is 2.38. The Kier molecular flexibility index (Phi) is 8.99. The van der Waals surface area contributed by atoms with E-state index in [4.69, 9.17) is 10.5 Å². The maximum atomic E-state index is 12.3. The standard InChI is InChI=1S/C16H27N3O4S/c1-11(17)6-5-9-24-13-10-14(20)19(15(13)21)8-4-3-7-12(18-2)16(22)23/h12-13,17-18H,3-10H2,1-2H3,(H,22,23). The molecular formula is C16H27N3O4S. The number of hydrogen-bond acceptors (Lipinski definition) is 6. The zero-order chi connectivity index (χ0) is 18.1. The number of hydrogen-bond donors (Lipinski definition) is 3. The van der Waals surface area contributed by atoms with Gasteiger partial charge in [0.2, 0.25) is 11.8 Å². The van der Waals surface area contributed by atoms with Crippen molar-refractivity contribution in [1.82, 2.24) is 10.2 Å². The number of unbranched alkanes of at least 4 members (excludes halogenated alkanes) is 1. The highest BCUT2D eigenvalue weighted by Crippen LogP contribution is 2.26. The Bertz CT molecular complexity index is 484. The van der Waals surface area contributed by atoms with Gasteiger partial charge in [-0.05, 0) is 51.8 Å². The van der Waals surface area contributed by atoms with Crippen LogP contribution in [0.5, 0.6) is 0 Å². The van der Waals surface area contributed by atoms with E-state index in [0.717, 1.165) is 18.6 Å². The van der Waals surface area contributed by atoms with Crippen molar-refractivity contribution in [2.45, 2.75) is 56.7 Å². The number of nitrogens with zero attached hydrogens (tertiary/aromatic N) is 1. The summed E-state index contributed by atoms with van der Waals surface area (Å²) in [5.74, 6) is -0.373. The Labute approximate surface area is 147 Å². The summed E-state index contributed by atoms with van der Waals surface area (Å²) in [6.07, 6.45) is 3.56. The van der Waals surface area contributed by atoms with Crippen LogP contribution in [-0.2, 0) is 14.4 Å². The van der Waals surface area contributed by atoms with Crippen LogP contribution in [0, 0.1) is 5.41 Å². The molecule has 1 heterocycles. The first-order valence-electron chi connectivity index (χ1n) is 8.26. The zero-order valence-corrected chi connectivity index (χ0v) is 15.2. The van der Waals surface area contributed by atoms with Gasteiger partial charge in [-0.2, -0.15) is 0 Å². The van der Waals surface area contributed by atoms with Crippen LogP contribution in [0.25, 0.3) is 0 Å². The van der Waals surface area contributed by atoms with E-state index < -0.39 is 12.0 Å². The number of carboxylic acids is 1. The van der Waals surface area contributed by atoms with Gasteiger partial charge in [0.1, 0.15) is 6.04 Å². The third kappa shape index (κ3) is 6.60. The highest BCUT2D eigenvalue weighted by molar-refractivity contribution is 8.00. The van der Waals surface area contributed by atoms with E-state index in [1.54, 1.807) is 14.0 Å². The summed E-state index contributed by atoms with van der Waals surface area (Å²) in [5, 5.41) is 18.7. The van der Waals surface area contributed by atoms with Gasteiger partial charge in [-0.25, -0.2) is 0 Å². The largest absolute Gasteiger partial charge is 0.480 e. The first kappa shape index (κ1) is 20.6. The van der Waals surface area contributed by atoms with Gasteiger partial charge in [-0.3, -0.25) is 19.3 Å². The SMILES string of the molecule is CNC(CCCCN1C(=O)CC(SCCCC(C)=N)C1=O)C(=O)O. The lowest BCUT2D eigenvalue weighted by molar-refractivity contribution is -0.140. The third-order valence-electron chi connectivity index (χ3n) is 3.99. The van der Waals surface area contributed by atoms with Crippen molar-refractivity contribution in [2.75, 3.05) is 19.3 Å². The molecule has 0 spiro atoms. The summed E-state index contributed by atoms with van der Waals surface area (Å²) in [6.45, 7) is 2.13. The van der Waals surface area contributed by atoms with Crippen molar-refractivity contribution in [3.05, 3.63) is 0 Å². The molecule has 1 fully saturated rings. The molecule has 1 aliphatic rings. The average Bonchev–Trinajstić information content (AvgIpc) is 2.78. The normalized spacial score (nSPS) is 18.9. The fraction of sp³-hybridized carbons (Fsp3) is 0.750. The van der Waals surface area contributed by atoms with E-state index >= 15 is 0 Å². The quantitative estimate of drug-likeness (QED) is 0.277. The average molecular weight is 357 g/mol. The number of likely N-dealkylation sites (N-methyl/N-ethyl adjacent to an activating group) is 1. The van der Waals surface area contributed by atoms with E-state index in [-0.39, 0.29) is 23.5 Å². The lowest BCUT2D eigenvalue weighted by atomic mass is 10.1. The predicted molar refractivity (Wildman–Crippen MR) is 94.6 cm³/mol. The first-order chi connectivity index (χ1) is 11.4. The summed E-state index contributed by atoms with van der Waals surface area (Å²) in [4.78, 5) is 36.5. The Morgan fingerprint density at radius 3 is 2.71 bits per heavy atom. The summed E-state index contributed by atoms with van der Waals surface area (Å²) >= 11 is 1.50. The minimum atomic E-state index is -0.887. The molecule has 7 nitrogen and oxygen atoms in total. The van der Waals surface area contributed by atoms with Gasteiger partial charge < -0.3 is 15.8 Å². The molecule has 24 heavy (non-hydrogen) atoms. The fourth-order valence-electron chi connectivity index (χ4n) is 2.59. The maximum absolute atomic E-state index is 12.3. The second kappa shape index (κ2) is 10.5. The number of amides is 2. The molecule has 1 saturated heterocycles. The van der Waals surface area contributed by atoms with E-state index in [1.165, 1.54) is 16.7 Å². The number of thioether (sulfide) groups is 1. The minimum absolute atomic E-state index is 0.125. The molecule has 136 valence electrons. The van der Waals surface area contributed by atoms with Crippen LogP contribution in [0.15, 0.2) is 0 Å². The number of carbonyl (C=O) groups is 3. The molecule has 2 atom stereocenters. The molecule has 0 aromatic carbocycles. The second-order valence-corrected chi connectivity index (χ2v) is 7.32. The van der Waals surface area contributed by atoms with Gasteiger partial charge in [-0.1, -0.05) is 0 Å². The first-order valence-corrected chi connectivity index (χ1v) is 9.31. The zero-order valence-electron chi connectivity index (χ0n) is 14.3. The molecule has 2 amide bonds. The molecule has 1 aliphatic heterocycles. The van der Waals surface area contributed by atoms with Crippen molar-refractivity contribution < 1.29 is 19.5 Å². The van der Waals surface area contributed by atoms with Crippen molar-refractivity contribution in [1.29, 1.82) is 5.41 Å².